The lowest BCUT2D eigenvalue weighted by Gasteiger charge is -2.26. The van der Waals surface area contributed by atoms with Crippen LogP contribution in [0.3, 0.4) is 0 Å². The van der Waals surface area contributed by atoms with Gasteiger partial charge in [0.05, 0.1) is 16.5 Å². The number of nitrogens with zero attached hydrogens (tertiary/aromatic N) is 2. The maximum atomic E-state index is 12.7. The third-order valence-electron chi connectivity index (χ3n) is 4.92. The largest absolute Gasteiger partial charge is 0.311 e. The lowest BCUT2D eigenvalue weighted by atomic mass is 9.97. The number of anilines is 1. The van der Waals surface area contributed by atoms with Crippen molar-refractivity contribution in [1.82, 2.24) is 9.71 Å². The summed E-state index contributed by atoms with van der Waals surface area (Å²) in [6.07, 6.45) is 4.92. The Balaban J connectivity index is 1.68. The van der Waals surface area contributed by atoms with E-state index in [0.717, 1.165) is 41.8 Å². The minimum absolute atomic E-state index is 0.0650. The van der Waals surface area contributed by atoms with Gasteiger partial charge < -0.3 is 4.90 Å². The zero-order valence-electron chi connectivity index (χ0n) is 13.9. The predicted molar refractivity (Wildman–Crippen MR) is 93.8 cm³/mol. The first kappa shape index (κ1) is 16.2. The molecular formula is C18H19N3O3S. The van der Waals surface area contributed by atoms with Crippen LogP contribution in [0.2, 0.25) is 0 Å². The molecule has 6 nitrogen and oxygen atoms in total. The van der Waals surface area contributed by atoms with Crippen molar-refractivity contribution in [3.63, 3.8) is 0 Å². The van der Waals surface area contributed by atoms with Crippen LogP contribution in [0.4, 0.5) is 5.69 Å². The fourth-order valence-corrected chi connectivity index (χ4v) is 4.69. The third kappa shape index (κ3) is 2.73. The minimum atomic E-state index is -3.65. The highest BCUT2D eigenvalue weighted by Crippen LogP contribution is 2.43. The molecule has 25 heavy (non-hydrogen) atoms. The quantitative estimate of drug-likeness (QED) is 0.907. The molecule has 1 atom stereocenters. The summed E-state index contributed by atoms with van der Waals surface area (Å²) in [7, 11) is -3.65. The Hall–Kier alpha value is -2.25. The first-order valence-corrected chi connectivity index (χ1v) is 9.82. The van der Waals surface area contributed by atoms with E-state index >= 15 is 0 Å². The Morgan fingerprint density at radius 3 is 2.80 bits per heavy atom. The molecule has 0 bridgehead atoms. The molecule has 0 radical (unpaired) electrons. The molecule has 1 N–H and O–H groups in total. The van der Waals surface area contributed by atoms with Gasteiger partial charge in [-0.3, -0.25) is 9.78 Å². The number of carbonyl (C=O) groups excluding carboxylic acids is 1. The highest BCUT2D eigenvalue weighted by atomic mass is 32.2. The number of hydrogen-bond acceptors (Lipinski definition) is 4. The Morgan fingerprint density at radius 2 is 2.04 bits per heavy atom. The summed E-state index contributed by atoms with van der Waals surface area (Å²) in [5, 5.41) is 0. The van der Waals surface area contributed by atoms with Gasteiger partial charge in [-0.2, -0.15) is 0 Å². The van der Waals surface area contributed by atoms with Gasteiger partial charge in [0.1, 0.15) is 0 Å². The van der Waals surface area contributed by atoms with E-state index in [1.54, 1.807) is 41.6 Å². The van der Waals surface area contributed by atoms with Crippen molar-refractivity contribution in [1.29, 1.82) is 0 Å². The predicted octanol–water partition coefficient (Wildman–Crippen LogP) is 1.96. The van der Waals surface area contributed by atoms with E-state index in [-0.39, 0.29) is 23.3 Å². The maximum Gasteiger partial charge on any atom is 0.240 e. The molecule has 1 aromatic heterocycles. The molecule has 4 rings (SSSR count). The molecule has 0 spiro atoms. The summed E-state index contributed by atoms with van der Waals surface area (Å²) in [4.78, 5) is 18.4. The van der Waals surface area contributed by atoms with Crippen molar-refractivity contribution >= 4 is 21.6 Å². The number of carbonyl (C=O) groups is 1. The zero-order valence-corrected chi connectivity index (χ0v) is 14.7. The first-order chi connectivity index (χ1) is 12.0. The van der Waals surface area contributed by atoms with E-state index in [9.17, 15) is 13.2 Å². The molecule has 1 aromatic carbocycles. The van der Waals surface area contributed by atoms with E-state index in [2.05, 4.69) is 9.71 Å². The smallest absolute Gasteiger partial charge is 0.240 e. The van der Waals surface area contributed by atoms with Crippen LogP contribution in [-0.4, -0.2) is 25.9 Å². The van der Waals surface area contributed by atoms with Crippen LogP contribution >= 0.6 is 0 Å². The molecule has 0 aliphatic carbocycles. The van der Waals surface area contributed by atoms with Crippen LogP contribution < -0.4 is 9.62 Å². The molecule has 1 amide bonds. The lowest BCUT2D eigenvalue weighted by Crippen LogP contribution is -2.32. The van der Waals surface area contributed by atoms with Crippen LogP contribution in [-0.2, 0) is 27.8 Å². The summed E-state index contributed by atoms with van der Waals surface area (Å²) in [6, 6.07) is 6.91. The normalized spacial score (nSPS) is 19.2. The van der Waals surface area contributed by atoms with Crippen molar-refractivity contribution in [3.05, 3.63) is 53.3 Å². The minimum Gasteiger partial charge on any atom is -0.311 e. The number of sulfonamides is 1. The van der Waals surface area contributed by atoms with Gasteiger partial charge in [0.15, 0.2) is 0 Å². The average Bonchev–Trinajstić information content (AvgIpc) is 2.88. The summed E-state index contributed by atoms with van der Waals surface area (Å²) < 4.78 is 28.1. The number of benzene rings is 1. The molecular weight excluding hydrogens is 338 g/mol. The molecule has 0 fully saturated rings. The van der Waals surface area contributed by atoms with Crippen LogP contribution in [0, 0.1) is 0 Å². The van der Waals surface area contributed by atoms with Crippen molar-refractivity contribution in [3.8, 4) is 0 Å². The fourth-order valence-electron chi connectivity index (χ4n) is 3.58. The number of hydrogen-bond donors (Lipinski definition) is 1. The third-order valence-corrected chi connectivity index (χ3v) is 6.30. The van der Waals surface area contributed by atoms with Gasteiger partial charge in [0, 0.05) is 25.5 Å². The highest BCUT2D eigenvalue weighted by molar-refractivity contribution is 7.89. The molecule has 2 aliphatic rings. The molecule has 7 heteroatoms. The van der Waals surface area contributed by atoms with E-state index in [0.29, 0.717) is 0 Å². The number of aryl methyl sites for hydroxylation is 1. The van der Waals surface area contributed by atoms with Gasteiger partial charge in [-0.15, -0.1) is 0 Å². The van der Waals surface area contributed by atoms with Gasteiger partial charge >= 0.3 is 0 Å². The van der Waals surface area contributed by atoms with E-state index in [1.807, 2.05) is 6.92 Å². The van der Waals surface area contributed by atoms with Crippen LogP contribution in [0.5, 0.6) is 0 Å². The number of nitrogens with one attached hydrogen (secondary N) is 1. The number of pyridine rings is 1. The van der Waals surface area contributed by atoms with Crippen LogP contribution in [0.1, 0.15) is 36.0 Å². The topological polar surface area (TPSA) is 79.4 Å². The molecule has 0 saturated carbocycles. The number of amides is 1. The van der Waals surface area contributed by atoms with Gasteiger partial charge in [-0.1, -0.05) is 0 Å². The first-order valence-electron chi connectivity index (χ1n) is 8.34. The molecule has 130 valence electrons. The molecule has 3 heterocycles. The Bertz CT molecular complexity index is 942. The van der Waals surface area contributed by atoms with Crippen LogP contribution in [0.25, 0.3) is 0 Å². The van der Waals surface area contributed by atoms with Gasteiger partial charge in [0.2, 0.25) is 15.9 Å². The summed E-state index contributed by atoms with van der Waals surface area (Å²) in [6.45, 7) is 2.77. The van der Waals surface area contributed by atoms with Crippen LogP contribution in [0.15, 0.2) is 41.6 Å². The molecule has 2 aromatic rings. The maximum absolute atomic E-state index is 12.7. The van der Waals surface area contributed by atoms with E-state index in [1.165, 1.54) is 0 Å². The monoisotopic (exact) mass is 357 g/mol. The van der Waals surface area contributed by atoms with Gasteiger partial charge in [-0.25, -0.2) is 13.1 Å². The summed E-state index contributed by atoms with van der Waals surface area (Å²) in [5.74, 6) is -0.225. The molecule has 0 saturated heterocycles. The zero-order chi connectivity index (χ0) is 17.6. The van der Waals surface area contributed by atoms with Crippen molar-refractivity contribution in [2.45, 2.75) is 37.1 Å². The summed E-state index contributed by atoms with van der Waals surface area (Å²) in [5.41, 5.74) is 3.55. The Kier molecular flexibility index (Phi) is 3.85. The number of rotatable bonds is 4. The highest BCUT2D eigenvalue weighted by Gasteiger charge is 2.38. The van der Waals surface area contributed by atoms with Crippen molar-refractivity contribution in [2.24, 2.45) is 0 Å². The standard InChI is InChI=1S/C18H19N3O3S/c1-12-16-10-15(9-14-3-2-8-21(17(14)16)18(12)22)25(23,24)20-11-13-4-6-19-7-5-13/h4-7,9-10,12,20H,2-3,8,11H2,1H3/t12-/m0/s1. The Labute approximate surface area is 146 Å². The van der Waals surface area contributed by atoms with E-state index < -0.39 is 10.0 Å². The average molecular weight is 357 g/mol. The lowest BCUT2D eigenvalue weighted by molar-refractivity contribution is -0.119. The van der Waals surface area contributed by atoms with Gasteiger partial charge in [-0.05, 0) is 60.7 Å². The summed E-state index contributed by atoms with van der Waals surface area (Å²) >= 11 is 0. The van der Waals surface area contributed by atoms with E-state index in [4.69, 9.17) is 0 Å². The van der Waals surface area contributed by atoms with Gasteiger partial charge in [0.25, 0.3) is 0 Å². The van der Waals surface area contributed by atoms with Crippen molar-refractivity contribution in [2.75, 3.05) is 11.4 Å². The molecule has 2 aliphatic heterocycles. The second-order valence-electron chi connectivity index (χ2n) is 6.52. The molecule has 0 unspecified atom stereocenters. The van der Waals surface area contributed by atoms with Crippen molar-refractivity contribution < 1.29 is 13.2 Å². The second kappa shape index (κ2) is 5.93. The fraction of sp³-hybridized carbons (Fsp3) is 0.333. The Morgan fingerprint density at radius 1 is 1.28 bits per heavy atom. The second-order valence-corrected chi connectivity index (χ2v) is 8.28. The SMILES string of the molecule is C[C@@H]1C(=O)N2CCCc3cc(S(=O)(=O)NCc4ccncc4)cc1c32. The number of aromatic nitrogens is 1.